The van der Waals surface area contributed by atoms with Crippen molar-refractivity contribution in [2.24, 2.45) is 5.73 Å². The van der Waals surface area contributed by atoms with Crippen LogP contribution in [0.5, 0.6) is 0 Å². The van der Waals surface area contributed by atoms with Crippen LogP contribution in [-0.4, -0.2) is 31.7 Å². The van der Waals surface area contributed by atoms with Crippen LogP contribution >= 0.6 is 0 Å². The van der Waals surface area contributed by atoms with Gasteiger partial charge in [0.25, 0.3) is 0 Å². The van der Waals surface area contributed by atoms with E-state index in [2.05, 4.69) is 0 Å². The first kappa shape index (κ1) is 14.4. The number of halogens is 1. The van der Waals surface area contributed by atoms with Crippen LogP contribution in [0.25, 0.3) is 0 Å². The van der Waals surface area contributed by atoms with Crippen LogP contribution in [0.2, 0.25) is 0 Å². The number of ether oxygens (including phenoxy) is 1. The fraction of sp³-hybridized carbons (Fsp3) is 0.462. The van der Waals surface area contributed by atoms with E-state index in [1.807, 2.05) is 11.8 Å². The van der Waals surface area contributed by atoms with Crippen molar-refractivity contribution in [3.05, 3.63) is 30.1 Å². The van der Waals surface area contributed by atoms with Crippen molar-refractivity contribution in [3.63, 3.8) is 0 Å². The molecule has 0 fully saturated rings. The first-order valence-electron chi connectivity index (χ1n) is 6.01. The predicted octanol–water partition coefficient (Wildman–Crippen LogP) is 1.54. The number of rotatable bonds is 6. The monoisotopic (exact) mass is 254 g/mol. The molecule has 1 atom stereocenters. The lowest BCUT2D eigenvalue weighted by atomic mass is 10.2. The lowest BCUT2D eigenvalue weighted by molar-refractivity contribution is -0.144. The van der Waals surface area contributed by atoms with Gasteiger partial charge in [-0.25, -0.2) is 4.39 Å². The molecule has 1 aromatic rings. The quantitative estimate of drug-likeness (QED) is 0.782. The van der Waals surface area contributed by atoms with Gasteiger partial charge in [-0.15, -0.1) is 0 Å². The van der Waals surface area contributed by atoms with Gasteiger partial charge in [0, 0.05) is 18.8 Å². The number of hydrogen-bond donors (Lipinski definition) is 1. The highest BCUT2D eigenvalue weighted by Crippen LogP contribution is 2.14. The molecule has 0 aliphatic carbocycles. The van der Waals surface area contributed by atoms with E-state index in [1.54, 1.807) is 19.1 Å². The number of nitrogens with two attached hydrogens (primary N) is 1. The summed E-state index contributed by atoms with van der Waals surface area (Å²) < 4.78 is 17.7. The fourth-order valence-corrected chi connectivity index (χ4v) is 1.63. The van der Waals surface area contributed by atoms with Gasteiger partial charge in [-0.3, -0.25) is 4.79 Å². The number of carbonyl (C=O) groups excluding carboxylic acids is 1. The SMILES string of the molecule is CCOC(=O)C(N)CN(CC)c1ccc(F)cc1. The molecule has 0 saturated carbocycles. The molecule has 2 N–H and O–H groups in total. The third kappa shape index (κ3) is 4.00. The molecule has 0 aromatic heterocycles. The Bertz CT molecular complexity index is 381. The van der Waals surface area contributed by atoms with E-state index in [4.69, 9.17) is 10.5 Å². The van der Waals surface area contributed by atoms with Crippen molar-refractivity contribution in [2.75, 3.05) is 24.6 Å². The Labute approximate surface area is 107 Å². The highest BCUT2D eigenvalue weighted by Gasteiger charge is 2.18. The van der Waals surface area contributed by atoms with Gasteiger partial charge < -0.3 is 15.4 Å². The maximum absolute atomic E-state index is 12.8. The Kier molecular flexibility index (Phi) is 5.58. The average Bonchev–Trinajstić information content (AvgIpc) is 2.37. The van der Waals surface area contributed by atoms with E-state index < -0.39 is 12.0 Å². The second-order valence-corrected chi connectivity index (χ2v) is 3.87. The van der Waals surface area contributed by atoms with Crippen molar-refractivity contribution in [1.29, 1.82) is 0 Å². The summed E-state index contributed by atoms with van der Waals surface area (Å²) in [4.78, 5) is 13.3. The second kappa shape index (κ2) is 6.96. The summed E-state index contributed by atoms with van der Waals surface area (Å²) in [5.41, 5.74) is 6.59. The van der Waals surface area contributed by atoms with Crippen molar-refractivity contribution in [3.8, 4) is 0 Å². The van der Waals surface area contributed by atoms with Gasteiger partial charge in [0.1, 0.15) is 11.9 Å². The maximum Gasteiger partial charge on any atom is 0.324 e. The topological polar surface area (TPSA) is 55.6 Å². The summed E-state index contributed by atoms with van der Waals surface area (Å²) in [5.74, 6) is -0.706. The van der Waals surface area contributed by atoms with Gasteiger partial charge in [0.2, 0.25) is 0 Å². The van der Waals surface area contributed by atoms with Gasteiger partial charge in [-0.1, -0.05) is 0 Å². The number of nitrogens with zero attached hydrogens (tertiary/aromatic N) is 1. The third-order valence-electron chi connectivity index (χ3n) is 2.58. The van der Waals surface area contributed by atoms with Gasteiger partial charge in [-0.05, 0) is 38.1 Å². The number of likely N-dealkylation sites (N-methyl/N-ethyl adjacent to an activating group) is 1. The normalized spacial score (nSPS) is 12.0. The lowest BCUT2D eigenvalue weighted by Crippen LogP contribution is -2.43. The molecule has 100 valence electrons. The fourth-order valence-electron chi connectivity index (χ4n) is 1.63. The minimum Gasteiger partial charge on any atom is -0.465 e. The van der Waals surface area contributed by atoms with Crippen LogP contribution in [-0.2, 0) is 9.53 Å². The van der Waals surface area contributed by atoms with Crippen molar-refractivity contribution in [2.45, 2.75) is 19.9 Å². The molecule has 1 rings (SSSR count). The van der Waals surface area contributed by atoms with E-state index in [0.29, 0.717) is 19.7 Å². The smallest absolute Gasteiger partial charge is 0.324 e. The molecule has 5 heteroatoms. The molecule has 0 aliphatic rings. The van der Waals surface area contributed by atoms with Crippen molar-refractivity contribution >= 4 is 11.7 Å². The van der Waals surface area contributed by atoms with Crippen molar-refractivity contribution < 1.29 is 13.9 Å². The van der Waals surface area contributed by atoms with Gasteiger partial charge in [0.15, 0.2) is 0 Å². The molecule has 0 radical (unpaired) electrons. The Balaban J connectivity index is 2.67. The standard InChI is InChI=1S/C13H19FN2O2/c1-3-16(9-12(15)13(17)18-4-2)11-7-5-10(14)6-8-11/h5-8,12H,3-4,9,15H2,1-2H3. The van der Waals surface area contributed by atoms with Crippen LogP contribution in [0, 0.1) is 5.82 Å². The first-order chi connectivity index (χ1) is 8.58. The molecule has 18 heavy (non-hydrogen) atoms. The summed E-state index contributed by atoms with van der Waals surface area (Å²) in [6, 6.07) is 5.39. The molecule has 1 unspecified atom stereocenters. The van der Waals surface area contributed by atoms with Crippen LogP contribution in [0.3, 0.4) is 0 Å². The first-order valence-corrected chi connectivity index (χ1v) is 6.01. The Hall–Kier alpha value is -1.62. The number of benzene rings is 1. The molecule has 0 spiro atoms. The third-order valence-corrected chi connectivity index (χ3v) is 2.58. The molecule has 0 aliphatic heterocycles. The Morgan fingerprint density at radius 1 is 1.39 bits per heavy atom. The van der Waals surface area contributed by atoms with Gasteiger partial charge in [-0.2, -0.15) is 0 Å². The number of hydrogen-bond acceptors (Lipinski definition) is 4. The molecule has 1 aromatic carbocycles. The number of carbonyl (C=O) groups is 1. The van der Waals surface area contributed by atoms with Crippen molar-refractivity contribution in [1.82, 2.24) is 0 Å². The van der Waals surface area contributed by atoms with E-state index >= 15 is 0 Å². The van der Waals surface area contributed by atoms with E-state index in [1.165, 1.54) is 12.1 Å². The minimum absolute atomic E-state index is 0.288. The predicted molar refractivity (Wildman–Crippen MR) is 68.9 cm³/mol. The average molecular weight is 254 g/mol. The van der Waals surface area contributed by atoms with E-state index in [0.717, 1.165) is 5.69 Å². The van der Waals surface area contributed by atoms with E-state index in [-0.39, 0.29) is 5.82 Å². The van der Waals surface area contributed by atoms with Gasteiger partial charge in [0.05, 0.1) is 6.61 Å². The minimum atomic E-state index is -0.699. The number of esters is 1. The molecular formula is C13H19FN2O2. The maximum atomic E-state index is 12.8. The molecule has 0 amide bonds. The zero-order valence-corrected chi connectivity index (χ0v) is 10.7. The second-order valence-electron chi connectivity index (χ2n) is 3.87. The summed E-state index contributed by atoms with van der Waals surface area (Å²) in [6.45, 7) is 5.03. The summed E-state index contributed by atoms with van der Waals surface area (Å²) >= 11 is 0. The highest BCUT2D eigenvalue weighted by atomic mass is 19.1. The molecular weight excluding hydrogens is 235 g/mol. The van der Waals surface area contributed by atoms with Crippen LogP contribution in [0.15, 0.2) is 24.3 Å². The molecule has 0 heterocycles. The van der Waals surface area contributed by atoms with Crippen LogP contribution in [0.1, 0.15) is 13.8 Å². The van der Waals surface area contributed by atoms with E-state index in [9.17, 15) is 9.18 Å². The zero-order valence-electron chi connectivity index (χ0n) is 10.7. The summed E-state index contributed by atoms with van der Waals surface area (Å²) in [7, 11) is 0. The molecule has 0 bridgehead atoms. The summed E-state index contributed by atoms with van der Waals surface area (Å²) in [5, 5.41) is 0. The Morgan fingerprint density at radius 3 is 2.50 bits per heavy atom. The lowest BCUT2D eigenvalue weighted by Gasteiger charge is -2.25. The zero-order chi connectivity index (χ0) is 13.5. The highest BCUT2D eigenvalue weighted by molar-refractivity contribution is 5.76. The summed E-state index contributed by atoms with van der Waals surface area (Å²) in [6.07, 6.45) is 0. The largest absolute Gasteiger partial charge is 0.465 e. The molecule has 0 saturated heterocycles. The number of anilines is 1. The van der Waals surface area contributed by atoms with Gasteiger partial charge >= 0.3 is 5.97 Å². The van der Waals surface area contributed by atoms with Crippen LogP contribution in [0.4, 0.5) is 10.1 Å². The Morgan fingerprint density at radius 2 is 2.00 bits per heavy atom. The molecule has 4 nitrogen and oxygen atoms in total. The van der Waals surface area contributed by atoms with Crippen LogP contribution < -0.4 is 10.6 Å².